The number of esters is 5. The Labute approximate surface area is 334 Å². The fourth-order valence-electron chi connectivity index (χ4n) is 6.90. The molecule has 18 heteroatoms. The summed E-state index contributed by atoms with van der Waals surface area (Å²) in [6.07, 6.45) is -0.820. The number of unbranched alkanes of at least 4 members (excludes halogenated alkanes) is 1. The Bertz CT molecular complexity index is 1530. The van der Waals surface area contributed by atoms with Gasteiger partial charge >= 0.3 is 29.8 Å². The summed E-state index contributed by atoms with van der Waals surface area (Å²) in [5.74, 6) is -5.81. The Hall–Kier alpha value is -2.83. The number of rotatable bonds is 29. The molecule has 4 unspecified atom stereocenters. The molecular formula is C38H62O16S2-2. The summed E-state index contributed by atoms with van der Waals surface area (Å²) in [7, 11) is -9.27. The molecule has 4 radical (unpaired) electrons. The van der Waals surface area contributed by atoms with Crippen LogP contribution >= 0.6 is 0 Å². The Morgan fingerprint density at radius 3 is 1.12 bits per heavy atom. The van der Waals surface area contributed by atoms with E-state index in [1.54, 1.807) is 13.8 Å². The standard InChI is InChI=1S/C38H64O16S2/c1-11-15-20-52-33(43)38(10,27-36(8,25-34(5,6)29(39)50-18-12-2)31(41)53-21-16-23-55(44,45)46)28-37(9,32(42)54-22-17-24-56(47,48)49)26-35(7,14-4)30(40)51-19-13-3/h2-3H,11-28H2,1,4-10H3,(H,44,45,46)(H,47,48,49)/p-2. The highest BCUT2D eigenvalue weighted by Crippen LogP contribution is 2.52. The number of ether oxygens (including phenoxy) is 5. The topological polar surface area (TPSA) is 246 Å². The van der Waals surface area contributed by atoms with Gasteiger partial charge in [-0.15, -0.1) is 0 Å². The zero-order chi connectivity index (χ0) is 43.7. The molecule has 0 saturated heterocycles. The Balaban J connectivity index is 7.48. The number of carbonyl (C=O) groups is 5. The van der Waals surface area contributed by atoms with Gasteiger partial charge in [-0.3, -0.25) is 24.0 Å². The van der Waals surface area contributed by atoms with E-state index in [1.165, 1.54) is 34.6 Å². The molecule has 0 heterocycles. The fourth-order valence-corrected chi connectivity index (χ4v) is 7.84. The summed E-state index contributed by atoms with van der Waals surface area (Å²) < 4.78 is 94.6. The van der Waals surface area contributed by atoms with E-state index in [9.17, 15) is 49.9 Å². The second-order valence-corrected chi connectivity index (χ2v) is 19.1. The van der Waals surface area contributed by atoms with Crippen LogP contribution in [0.4, 0.5) is 0 Å². The van der Waals surface area contributed by atoms with Crippen LogP contribution in [0.5, 0.6) is 0 Å². The third-order valence-corrected chi connectivity index (χ3v) is 11.0. The van der Waals surface area contributed by atoms with Crippen molar-refractivity contribution in [3.8, 4) is 0 Å². The molecule has 0 bridgehead atoms. The highest BCUT2D eigenvalue weighted by Gasteiger charge is 2.55. The molecule has 0 spiro atoms. The van der Waals surface area contributed by atoms with Gasteiger partial charge < -0.3 is 32.8 Å². The van der Waals surface area contributed by atoms with Crippen molar-refractivity contribution in [3.63, 3.8) is 0 Å². The van der Waals surface area contributed by atoms with Gasteiger partial charge in [0.2, 0.25) is 0 Å². The smallest absolute Gasteiger partial charge is 0.311 e. The lowest BCUT2D eigenvalue weighted by molar-refractivity contribution is -0.174. The third kappa shape index (κ3) is 18.6. The molecule has 0 N–H and O–H groups in total. The molecule has 0 aliphatic heterocycles. The number of carbonyl (C=O) groups excluding carboxylic acids is 5. The Morgan fingerprint density at radius 1 is 0.482 bits per heavy atom. The maximum atomic E-state index is 14.3. The van der Waals surface area contributed by atoms with Crippen molar-refractivity contribution in [1.82, 2.24) is 0 Å². The maximum Gasteiger partial charge on any atom is 0.311 e. The van der Waals surface area contributed by atoms with Crippen LogP contribution in [-0.4, -0.2) is 100 Å². The summed E-state index contributed by atoms with van der Waals surface area (Å²) >= 11 is 0. The van der Waals surface area contributed by atoms with Crippen molar-refractivity contribution < 1.29 is 73.6 Å². The van der Waals surface area contributed by atoms with Crippen LogP contribution in [0.25, 0.3) is 0 Å². The van der Waals surface area contributed by atoms with Gasteiger partial charge in [-0.2, -0.15) is 0 Å². The van der Waals surface area contributed by atoms with E-state index in [-0.39, 0.29) is 64.8 Å². The van der Waals surface area contributed by atoms with Crippen molar-refractivity contribution in [2.75, 3.05) is 44.5 Å². The van der Waals surface area contributed by atoms with Gasteiger partial charge in [-0.05, 0) is 120 Å². The highest BCUT2D eigenvalue weighted by atomic mass is 32.2. The molecule has 0 aromatic carbocycles. The monoisotopic (exact) mass is 838 g/mol. The molecule has 0 aromatic heterocycles. The first-order valence-corrected chi connectivity index (χ1v) is 21.9. The summed E-state index contributed by atoms with van der Waals surface area (Å²) in [6, 6.07) is 0. The van der Waals surface area contributed by atoms with Gasteiger partial charge in [-0.1, -0.05) is 20.3 Å². The summed E-state index contributed by atoms with van der Waals surface area (Å²) in [4.78, 5) is 69.1. The van der Waals surface area contributed by atoms with Crippen LogP contribution in [0.3, 0.4) is 0 Å². The average Bonchev–Trinajstić information content (AvgIpc) is 3.08. The van der Waals surface area contributed by atoms with Crippen LogP contribution in [0.15, 0.2) is 0 Å². The number of hydrogen-bond donors (Lipinski definition) is 0. The highest BCUT2D eigenvalue weighted by molar-refractivity contribution is 7.85. The Kier molecular flexibility index (Phi) is 21.8. The zero-order valence-electron chi connectivity index (χ0n) is 34.2. The van der Waals surface area contributed by atoms with Gasteiger partial charge in [0.15, 0.2) is 0 Å². The third-order valence-electron chi connectivity index (χ3n) is 9.45. The summed E-state index contributed by atoms with van der Waals surface area (Å²) in [5, 5.41) is 0. The summed E-state index contributed by atoms with van der Waals surface area (Å²) in [5.41, 5.74) is -8.09. The molecule has 16 nitrogen and oxygen atoms in total. The Morgan fingerprint density at radius 2 is 0.786 bits per heavy atom. The van der Waals surface area contributed by atoms with E-state index >= 15 is 0 Å². The summed E-state index contributed by atoms with van der Waals surface area (Å²) in [6.45, 7) is 22.2. The molecule has 0 fully saturated rings. The van der Waals surface area contributed by atoms with Crippen molar-refractivity contribution >= 4 is 50.1 Å². The van der Waals surface area contributed by atoms with Gasteiger partial charge in [0.25, 0.3) is 0 Å². The minimum Gasteiger partial charge on any atom is -0.748 e. The van der Waals surface area contributed by atoms with E-state index in [0.29, 0.717) is 12.8 Å². The molecular weight excluding hydrogens is 777 g/mol. The van der Waals surface area contributed by atoms with Gasteiger partial charge in [0, 0.05) is 11.5 Å². The van der Waals surface area contributed by atoms with Crippen LogP contribution < -0.4 is 0 Å². The van der Waals surface area contributed by atoms with E-state index in [2.05, 4.69) is 0 Å². The molecule has 0 rings (SSSR count). The molecule has 0 aromatic rings. The average molecular weight is 839 g/mol. The predicted molar refractivity (Wildman–Crippen MR) is 201 cm³/mol. The minimum atomic E-state index is -4.63. The predicted octanol–water partition coefficient (Wildman–Crippen LogP) is 4.60. The molecule has 4 atom stereocenters. The van der Waals surface area contributed by atoms with Crippen LogP contribution in [0.1, 0.15) is 126 Å². The minimum absolute atomic E-state index is 0.0171. The second-order valence-electron chi connectivity index (χ2n) is 16.0. The molecule has 56 heavy (non-hydrogen) atoms. The van der Waals surface area contributed by atoms with Crippen LogP contribution in [-0.2, 0) is 67.9 Å². The van der Waals surface area contributed by atoms with Crippen molar-refractivity contribution in [2.24, 2.45) is 27.1 Å². The molecule has 0 aliphatic carbocycles. The lowest BCUT2D eigenvalue weighted by Gasteiger charge is -2.44. The largest absolute Gasteiger partial charge is 0.748 e. The first-order chi connectivity index (χ1) is 25.6. The first-order valence-electron chi connectivity index (χ1n) is 18.7. The lowest BCUT2D eigenvalue weighted by atomic mass is 9.59. The van der Waals surface area contributed by atoms with Crippen molar-refractivity contribution in [1.29, 1.82) is 0 Å². The van der Waals surface area contributed by atoms with Gasteiger partial charge in [0.05, 0.1) is 80.3 Å². The van der Waals surface area contributed by atoms with E-state index in [0.717, 1.165) is 0 Å². The van der Waals surface area contributed by atoms with Crippen LogP contribution in [0.2, 0.25) is 0 Å². The zero-order valence-corrected chi connectivity index (χ0v) is 35.9. The normalized spacial score (nSPS) is 16.6. The first kappa shape index (κ1) is 53.2. The number of hydrogen-bond acceptors (Lipinski definition) is 16. The van der Waals surface area contributed by atoms with Gasteiger partial charge in [0.1, 0.15) is 0 Å². The molecule has 0 aliphatic rings. The van der Waals surface area contributed by atoms with Crippen molar-refractivity contribution in [2.45, 2.75) is 126 Å². The molecule has 324 valence electrons. The van der Waals surface area contributed by atoms with E-state index in [1.807, 2.05) is 6.92 Å². The van der Waals surface area contributed by atoms with Gasteiger partial charge in [-0.25, -0.2) is 16.8 Å². The molecule has 0 saturated carbocycles. The van der Waals surface area contributed by atoms with Crippen molar-refractivity contribution in [3.05, 3.63) is 13.8 Å². The van der Waals surface area contributed by atoms with E-state index in [4.69, 9.17) is 37.5 Å². The SMILES string of the molecule is [CH]CCOC(=O)C(C)(C)CC(C)(CC(C)(CC(C)(CC(C)(CC)C(=O)OCC[CH])C(=O)OCCCS(=O)(=O)[O-])C(=O)OCCCC)C(=O)OCCCS(=O)(=O)[O-]. The molecule has 0 amide bonds. The van der Waals surface area contributed by atoms with E-state index < -0.39 is 115 Å². The van der Waals surface area contributed by atoms with Crippen LogP contribution in [0, 0.1) is 40.9 Å². The fraction of sp³-hybridized carbons (Fsp3) is 0.816. The maximum absolute atomic E-state index is 14.3. The second kappa shape index (κ2) is 22.9. The quantitative estimate of drug-likeness (QED) is 0.0432. The lowest BCUT2D eigenvalue weighted by Crippen LogP contribution is -2.49.